The fraction of sp³-hybridized carbons (Fsp3) is 0.667. The van der Waals surface area contributed by atoms with E-state index >= 15 is 0 Å². The summed E-state index contributed by atoms with van der Waals surface area (Å²) in [6, 6.07) is 2.96. The molecule has 1 N–H and O–H groups in total. The third-order valence-electron chi connectivity index (χ3n) is 2.78. The first kappa shape index (κ1) is 11.6. The minimum Gasteiger partial charge on any atom is -0.313 e. The first-order valence-corrected chi connectivity index (χ1v) is 7.19. The van der Waals surface area contributed by atoms with Crippen LogP contribution in [0.1, 0.15) is 31.6 Å². The summed E-state index contributed by atoms with van der Waals surface area (Å²) in [5.41, 5.74) is 0.357. The molecule has 1 aromatic heterocycles. The molecule has 0 radical (unpaired) electrons. The zero-order valence-electron chi connectivity index (χ0n) is 9.35. The van der Waals surface area contributed by atoms with Gasteiger partial charge >= 0.3 is 0 Å². The van der Waals surface area contributed by atoms with Crippen molar-refractivity contribution >= 4 is 27.3 Å². The van der Waals surface area contributed by atoms with Gasteiger partial charge in [-0.1, -0.05) is 13.8 Å². The summed E-state index contributed by atoms with van der Waals surface area (Å²) >= 11 is 5.45. The zero-order chi connectivity index (χ0) is 10.9. The number of thiophene rings is 1. The minimum absolute atomic E-state index is 0.357. The lowest BCUT2D eigenvalue weighted by Gasteiger charge is -2.24. The molecule has 1 fully saturated rings. The van der Waals surface area contributed by atoms with Crippen LogP contribution in [0.5, 0.6) is 0 Å². The molecule has 2 rings (SSSR count). The Kier molecular flexibility index (Phi) is 3.53. The van der Waals surface area contributed by atoms with Gasteiger partial charge in [0.1, 0.15) is 0 Å². The van der Waals surface area contributed by atoms with Crippen LogP contribution in [0, 0.1) is 5.41 Å². The molecular weight excluding hydrogens is 270 g/mol. The summed E-state index contributed by atoms with van der Waals surface area (Å²) in [6.45, 7) is 5.81. The zero-order valence-corrected chi connectivity index (χ0v) is 11.7. The average molecular weight is 288 g/mol. The van der Waals surface area contributed by atoms with Gasteiger partial charge in [0.05, 0.1) is 0 Å². The van der Waals surface area contributed by atoms with Gasteiger partial charge in [-0.15, -0.1) is 11.3 Å². The van der Waals surface area contributed by atoms with Gasteiger partial charge in [0, 0.05) is 21.9 Å². The molecule has 1 saturated carbocycles. The lowest BCUT2D eigenvalue weighted by Crippen LogP contribution is -2.32. The van der Waals surface area contributed by atoms with Crippen molar-refractivity contribution in [3.05, 3.63) is 20.8 Å². The molecule has 0 spiro atoms. The van der Waals surface area contributed by atoms with Crippen LogP contribution in [-0.4, -0.2) is 12.6 Å². The summed E-state index contributed by atoms with van der Waals surface area (Å²) in [5, 5.41) is 5.77. The molecule has 84 valence electrons. The van der Waals surface area contributed by atoms with Gasteiger partial charge < -0.3 is 5.32 Å². The third kappa shape index (κ3) is 3.58. The smallest absolute Gasteiger partial charge is 0.0314 e. The van der Waals surface area contributed by atoms with E-state index in [-0.39, 0.29) is 0 Å². The highest BCUT2D eigenvalue weighted by Crippen LogP contribution is 2.31. The standard InChI is InChI=1S/C12H18BrNS/c1-12(2,8-14-9-3-4-9)7-11-10(13)5-6-15-11/h5-6,9,14H,3-4,7-8H2,1-2H3. The fourth-order valence-corrected chi connectivity index (χ4v) is 3.41. The number of halogens is 1. The van der Waals surface area contributed by atoms with Crippen LogP contribution >= 0.6 is 27.3 Å². The molecule has 0 aliphatic heterocycles. The number of hydrogen-bond donors (Lipinski definition) is 1. The minimum atomic E-state index is 0.357. The molecule has 15 heavy (non-hydrogen) atoms. The van der Waals surface area contributed by atoms with Gasteiger partial charge in [-0.2, -0.15) is 0 Å². The molecule has 0 aromatic carbocycles. The molecule has 1 heterocycles. The predicted octanol–water partition coefficient (Wildman–Crippen LogP) is 3.83. The van der Waals surface area contributed by atoms with E-state index in [2.05, 4.69) is 46.5 Å². The van der Waals surface area contributed by atoms with E-state index in [0.29, 0.717) is 5.41 Å². The molecule has 1 aliphatic carbocycles. The molecule has 1 aliphatic rings. The molecule has 1 aromatic rings. The van der Waals surface area contributed by atoms with Crippen LogP contribution < -0.4 is 5.32 Å². The second-order valence-corrected chi connectivity index (χ2v) is 7.04. The predicted molar refractivity (Wildman–Crippen MR) is 70.5 cm³/mol. The average Bonchev–Trinajstić information content (AvgIpc) is 2.90. The highest BCUT2D eigenvalue weighted by atomic mass is 79.9. The maximum Gasteiger partial charge on any atom is 0.0314 e. The molecule has 0 unspecified atom stereocenters. The van der Waals surface area contributed by atoms with E-state index in [4.69, 9.17) is 0 Å². The Morgan fingerprint density at radius 1 is 1.53 bits per heavy atom. The van der Waals surface area contributed by atoms with Crippen LogP contribution in [0.2, 0.25) is 0 Å². The quantitative estimate of drug-likeness (QED) is 0.868. The van der Waals surface area contributed by atoms with Gasteiger partial charge in [0.2, 0.25) is 0 Å². The fourth-order valence-electron chi connectivity index (χ4n) is 1.66. The Hall–Kier alpha value is 0.140. The summed E-state index contributed by atoms with van der Waals surface area (Å²) in [4.78, 5) is 1.47. The second-order valence-electron chi connectivity index (χ2n) is 5.19. The lowest BCUT2D eigenvalue weighted by atomic mass is 9.88. The lowest BCUT2D eigenvalue weighted by molar-refractivity contribution is 0.339. The monoisotopic (exact) mass is 287 g/mol. The van der Waals surface area contributed by atoms with Crippen molar-refractivity contribution < 1.29 is 0 Å². The number of hydrogen-bond acceptors (Lipinski definition) is 2. The van der Waals surface area contributed by atoms with Crippen molar-refractivity contribution in [1.82, 2.24) is 5.32 Å². The highest BCUT2D eigenvalue weighted by Gasteiger charge is 2.26. The molecule has 0 saturated heterocycles. The second kappa shape index (κ2) is 4.56. The van der Waals surface area contributed by atoms with Gasteiger partial charge in [-0.25, -0.2) is 0 Å². The summed E-state index contributed by atoms with van der Waals surface area (Å²) in [7, 11) is 0. The highest BCUT2D eigenvalue weighted by molar-refractivity contribution is 9.10. The summed E-state index contributed by atoms with van der Waals surface area (Å²) in [6.07, 6.45) is 3.91. The van der Waals surface area contributed by atoms with E-state index in [1.165, 1.54) is 22.2 Å². The molecular formula is C12H18BrNS. The molecule has 0 bridgehead atoms. The van der Waals surface area contributed by atoms with E-state index in [9.17, 15) is 0 Å². The van der Waals surface area contributed by atoms with Crippen molar-refractivity contribution in [3.63, 3.8) is 0 Å². The summed E-state index contributed by atoms with van der Waals surface area (Å²) < 4.78 is 1.27. The first-order chi connectivity index (χ1) is 7.07. The van der Waals surface area contributed by atoms with Gasteiger partial charge in [-0.3, -0.25) is 0 Å². The van der Waals surface area contributed by atoms with Crippen molar-refractivity contribution in [3.8, 4) is 0 Å². The Morgan fingerprint density at radius 2 is 2.27 bits per heavy atom. The van der Waals surface area contributed by atoms with E-state index < -0.39 is 0 Å². The SMILES string of the molecule is CC(C)(CNC1CC1)Cc1sccc1Br. The van der Waals surface area contributed by atoms with E-state index in [1.54, 1.807) is 0 Å². The van der Waals surface area contributed by atoms with Crippen LogP contribution in [0.4, 0.5) is 0 Å². The van der Waals surface area contributed by atoms with Crippen LogP contribution in [0.15, 0.2) is 15.9 Å². The Morgan fingerprint density at radius 3 is 2.80 bits per heavy atom. The van der Waals surface area contributed by atoms with Gasteiger partial charge in [0.15, 0.2) is 0 Å². The maximum atomic E-state index is 3.62. The molecule has 3 heteroatoms. The topological polar surface area (TPSA) is 12.0 Å². The number of nitrogens with one attached hydrogen (secondary N) is 1. The molecule has 1 nitrogen and oxygen atoms in total. The Balaban J connectivity index is 1.87. The largest absolute Gasteiger partial charge is 0.313 e. The first-order valence-electron chi connectivity index (χ1n) is 5.52. The van der Waals surface area contributed by atoms with Crippen LogP contribution in [0.3, 0.4) is 0 Å². The number of rotatable bonds is 5. The third-order valence-corrected chi connectivity index (χ3v) is 4.70. The van der Waals surface area contributed by atoms with Crippen molar-refractivity contribution in [2.45, 2.75) is 39.2 Å². The van der Waals surface area contributed by atoms with Crippen LogP contribution in [0.25, 0.3) is 0 Å². The van der Waals surface area contributed by atoms with E-state index in [1.807, 2.05) is 11.3 Å². The van der Waals surface area contributed by atoms with Gasteiger partial charge in [-0.05, 0) is 52.1 Å². The Labute approximate surface area is 104 Å². The molecule has 0 amide bonds. The van der Waals surface area contributed by atoms with Crippen LogP contribution in [-0.2, 0) is 6.42 Å². The Bertz CT molecular complexity index is 328. The van der Waals surface area contributed by atoms with Gasteiger partial charge in [0.25, 0.3) is 0 Å². The van der Waals surface area contributed by atoms with Crippen molar-refractivity contribution in [2.75, 3.05) is 6.54 Å². The van der Waals surface area contributed by atoms with Crippen molar-refractivity contribution in [2.24, 2.45) is 5.41 Å². The summed E-state index contributed by atoms with van der Waals surface area (Å²) in [5.74, 6) is 0. The van der Waals surface area contributed by atoms with E-state index in [0.717, 1.165) is 19.0 Å². The van der Waals surface area contributed by atoms with Crippen molar-refractivity contribution in [1.29, 1.82) is 0 Å². The normalized spacial score (nSPS) is 17.0. The molecule has 0 atom stereocenters. The maximum absolute atomic E-state index is 3.62.